The molecule has 1 aromatic heterocycles. The van der Waals surface area contributed by atoms with Crippen LogP contribution >= 0.6 is 11.3 Å². The molecule has 0 aromatic carbocycles. The van der Waals surface area contributed by atoms with E-state index in [-0.39, 0.29) is 18.6 Å². The normalized spacial score (nSPS) is 23.1. The maximum atomic E-state index is 12.3. The van der Waals surface area contributed by atoms with E-state index >= 15 is 0 Å². The van der Waals surface area contributed by atoms with Gasteiger partial charge in [0.05, 0.1) is 23.3 Å². The second-order valence-corrected chi connectivity index (χ2v) is 6.18. The highest BCUT2D eigenvalue weighted by molar-refractivity contribution is 7.09. The highest BCUT2D eigenvalue weighted by Gasteiger charge is 2.36. The van der Waals surface area contributed by atoms with Crippen LogP contribution in [0.15, 0.2) is 5.38 Å². The molecule has 2 rings (SSSR count). The summed E-state index contributed by atoms with van der Waals surface area (Å²) in [6, 6.07) is 0. The molecule has 2 heterocycles. The Morgan fingerprint density at radius 1 is 1.72 bits per heavy atom. The fourth-order valence-corrected chi connectivity index (χ4v) is 2.76. The number of carbonyl (C=O) groups is 1. The van der Waals surface area contributed by atoms with Gasteiger partial charge in [-0.3, -0.25) is 4.79 Å². The van der Waals surface area contributed by atoms with Crippen molar-refractivity contribution < 1.29 is 14.6 Å². The summed E-state index contributed by atoms with van der Waals surface area (Å²) in [6.45, 7) is 6.56. The van der Waals surface area contributed by atoms with Gasteiger partial charge >= 0.3 is 0 Å². The van der Waals surface area contributed by atoms with E-state index in [9.17, 15) is 9.90 Å². The van der Waals surface area contributed by atoms with Crippen molar-refractivity contribution in [1.29, 1.82) is 0 Å². The van der Waals surface area contributed by atoms with Crippen molar-refractivity contribution in [2.24, 2.45) is 0 Å². The molecule has 0 saturated carbocycles. The van der Waals surface area contributed by atoms with Crippen LogP contribution < -0.4 is 0 Å². The molecule has 0 spiro atoms. The second-order valence-electron chi connectivity index (χ2n) is 5.12. The van der Waals surface area contributed by atoms with E-state index in [0.29, 0.717) is 18.8 Å². The van der Waals surface area contributed by atoms with Crippen LogP contribution in [-0.2, 0) is 4.74 Å². The number of aliphatic hydroxyl groups is 1. The summed E-state index contributed by atoms with van der Waals surface area (Å²) in [4.78, 5) is 18.2. The number of amides is 1. The van der Waals surface area contributed by atoms with Crippen molar-refractivity contribution in [2.45, 2.75) is 32.5 Å². The third-order valence-electron chi connectivity index (χ3n) is 2.81. The number of morpholine rings is 1. The van der Waals surface area contributed by atoms with Crippen LogP contribution in [0.3, 0.4) is 0 Å². The Hall–Kier alpha value is -0.980. The van der Waals surface area contributed by atoms with Crippen LogP contribution in [0.25, 0.3) is 0 Å². The summed E-state index contributed by atoms with van der Waals surface area (Å²) >= 11 is 1.46. The molecule has 0 aliphatic carbocycles. The zero-order valence-electron chi connectivity index (χ0n) is 10.8. The molecule has 1 aliphatic rings. The topological polar surface area (TPSA) is 62.7 Å². The molecule has 18 heavy (non-hydrogen) atoms. The Bertz CT molecular complexity index is 444. The summed E-state index contributed by atoms with van der Waals surface area (Å²) < 4.78 is 5.68. The summed E-state index contributed by atoms with van der Waals surface area (Å²) in [5, 5.41) is 11.9. The van der Waals surface area contributed by atoms with E-state index in [1.807, 2.05) is 20.8 Å². The van der Waals surface area contributed by atoms with Crippen LogP contribution in [0.1, 0.15) is 29.3 Å². The lowest BCUT2D eigenvalue weighted by atomic mass is 10.1. The lowest BCUT2D eigenvalue weighted by Crippen LogP contribution is -2.55. The minimum Gasteiger partial charge on any atom is -0.394 e. The van der Waals surface area contributed by atoms with Gasteiger partial charge in [-0.25, -0.2) is 4.98 Å². The van der Waals surface area contributed by atoms with Gasteiger partial charge < -0.3 is 14.7 Å². The monoisotopic (exact) mass is 270 g/mol. The van der Waals surface area contributed by atoms with Gasteiger partial charge in [0.15, 0.2) is 0 Å². The van der Waals surface area contributed by atoms with Crippen molar-refractivity contribution in [2.75, 3.05) is 19.7 Å². The average Bonchev–Trinajstić information content (AvgIpc) is 2.72. The van der Waals surface area contributed by atoms with E-state index in [1.165, 1.54) is 11.3 Å². The third kappa shape index (κ3) is 2.88. The number of ether oxygens (including phenoxy) is 1. The predicted octanol–water partition coefficient (Wildman–Crippen LogP) is 1.06. The van der Waals surface area contributed by atoms with Crippen LogP contribution in [0.5, 0.6) is 0 Å². The Balaban J connectivity index is 2.14. The fraction of sp³-hybridized carbons (Fsp3) is 0.667. The first kappa shape index (κ1) is 13.5. The number of rotatable bonds is 2. The number of nitrogens with zero attached hydrogens (tertiary/aromatic N) is 2. The van der Waals surface area contributed by atoms with Crippen molar-refractivity contribution in [3.63, 3.8) is 0 Å². The first-order chi connectivity index (χ1) is 8.41. The van der Waals surface area contributed by atoms with E-state index in [2.05, 4.69) is 4.98 Å². The van der Waals surface area contributed by atoms with Crippen molar-refractivity contribution >= 4 is 17.2 Å². The van der Waals surface area contributed by atoms with Gasteiger partial charge in [0.1, 0.15) is 5.69 Å². The fourth-order valence-electron chi connectivity index (χ4n) is 2.17. The molecule has 1 unspecified atom stereocenters. The summed E-state index contributed by atoms with van der Waals surface area (Å²) in [5.74, 6) is -0.0887. The standard InChI is InChI=1S/C12H18N2O3S/c1-8-13-10(6-18-8)11(16)14-4-9(5-15)17-12(2,3)7-14/h6,9,15H,4-5,7H2,1-3H3. The average molecular weight is 270 g/mol. The molecule has 1 saturated heterocycles. The van der Waals surface area contributed by atoms with Crippen LogP contribution in [0.2, 0.25) is 0 Å². The first-order valence-electron chi connectivity index (χ1n) is 5.91. The molecule has 1 fully saturated rings. The van der Waals surface area contributed by atoms with E-state index < -0.39 is 5.60 Å². The number of hydrogen-bond acceptors (Lipinski definition) is 5. The van der Waals surface area contributed by atoms with E-state index in [1.54, 1.807) is 10.3 Å². The van der Waals surface area contributed by atoms with Crippen LogP contribution in [0, 0.1) is 6.92 Å². The van der Waals surface area contributed by atoms with E-state index in [0.717, 1.165) is 5.01 Å². The molecule has 6 heteroatoms. The predicted molar refractivity (Wildman–Crippen MR) is 68.8 cm³/mol. The quantitative estimate of drug-likeness (QED) is 0.873. The molecule has 100 valence electrons. The smallest absolute Gasteiger partial charge is 0.273 e. The van der Waals surface area contributed by atoms with Gasteiger partial charge in [-0.05, 0) is 20.8 Å². The van der Waals surface area contributed by atoms with Crippen molar-refractivity contribution in [3.05, 3.63) is 16.1 Å². The molecule has 0 bridgehead atoms. The zero-order valence-corrected chi connectivity index (χ0v) is 11.7. The van der Waals surface area contributed by atoms with Gasteiger partial charge in [0.2, 0.25) is 0 Å². The van der Waals surface area contributed by atoms with Gasteiger partial charge in [-0.2, -0.15) is 0 Å². The van der Waals surface area contributed by atoms with Gasteiger partial charge in [-0.1, -0.05) is 0 Å². The number of aliphatic hydroxyl groups excluding tert-OH is 1. The van der Waals surface area contributed by atoms with Gasteiger partial charge in [0, 0.05) is 18.5 Å². The summed E-state index contributed by atoms with van der Waals surface area (Å²) in [7, 11) is 0. The Kier molecular flexibility index (Phi) is 3.70. The second kappa shape index (κ2) is 4.95. The molecule has 1 atom stereocenters. The van der Waals surface area contributed by atoms with Crippen LogP contribution in [-0.4, -0.2) is 52.3 Å². The van der Waals surface area contributed by atoms with E-state index in [4.69, 9.17) is 4.74 Å². The number of carbonyl (C=O) groups excluding carboxylic acids is 1. The SMILES string of the molecule is Cc1nc(C(=O)N2CC(CO)OC(C)(C)C2)cs1. The molecular formula is C12H18N2O3S. The molecule has 1 aliphatic heterocycles. The highest BCUT2D eigenvalue weighted by atomic mass is 32.1. The Morgan fingerprint density at radius 3 is 3.00 bits per heavy atom. The van der Waals surface area contributed by atoms with Crippen molar-refractivity contribution in [1.82, 2.24) is 9.88 Å². The zero-order chi connectivity index (χ0) is 13.3. The van der Waals surface area contributed by atoms with Crippen LogP contribution in [0.4, 0.5) is 0 Å². The first-order valence-corrected chi connectivity index (χ1v) is 6.79. The summed E-state index contributed by atoms with van der Waals surface area (Å²) in [6.07, 6.45) is -0.322. The molecular weight excluding hydrogens is 252 g/mol. The maximum Gasteiger partial charge on any atom is 0.273 e. The molecule has 0 radical (unpaired) electrons. The minimum absolute atomic E-state index is 0.0801. The molecule has 5 nitrogen and oxygen atoms in total. The van der Waals surface area contributed by atoms with Gasteiger partial charge in [0.25, 0.3) is 5.91 Å². The third-order valence-corrected chi connectivity index (χ3v) is 3.58. The van der Waals surface area contributed by atoms with Crippen molar-refractivity contribution in [3.8, 4) is 0 Å². The lowest BCUT2D eigenvalue weighted by Gasteiger charge is -2.42. The molecule has 1 amide bonds. The summed E-state index contributed by atoms with van der Waals surface area (Å²) in [5.41, 5.74) is 0.0405. The molecule has 1 N–H and O–H groups in total. The Morgan fingerprint density at radius 2 is 2.44 bits per heavy atom. The highest BCUT2D eigenvalue weighted by Crippen LogP contribution is 2.22. The number of hydrogen-bond donors (Lipinski definition) is 1. The lowest BCUT2D eigenvalue weighted by molar-refractivity contribution is -0.139. The maximum absolute atomic E-state index is 12.3. The largest absolute Gasteiger partial charge is 0.394 e. The number of thiazole rings is 1. The van der Waals surface area contributed by atoms with Gasteiger partial charge in [-0.15, -0.1) is 11.3 Å². The Labute approximate surface area is 110 Å². The minimum atomic E-state index is -0.438. The number of aromatic nitrogens is 1. The number of aryl methyl sites for hydroxylation is 1. The molecule has 1 aromatic rings.